The highest BCUT2D eigenvalue weighted by atomic mass is 19.1. The van der Waals surface area contributed by atoms with Crippen molar-refractivity contribution in [1.29, 1.82) is 0 Å². The van der Waals surface area contributed by atoms with Crippen molar-refractivity contribution in [3.05, 3.63) is 47.7 Å². The summed E-state index contributed by atoms with van der Waals surface area (Å²) in [6.45, 7) is 1.68. The molecule has 0 aliphatic carbocycles. The summed E-state index contributed by atoms with van der Waals surface area (Å²) in [5, 5.41) is 0. The van der Waals surface area contributed by atoms with Gasteiger partial charge in [-0.3, -0.25) is 0 Å². The van der Waals surface area contributed by atoms with Crippen LogP contribution in [-0.4, -0.2) is 7.11 Å². The van der Waals surface area contributed by atoms with E-state index >= 15 is 0 Å². The fourth-order valence-corrected chi connectivity index (χ4v) is 1.95. The summed E-state index contributed by atoms with van der Waals surface area (Å²) in [6.07, 6.45) is 1.77. The highest BCUT2D eigenvalue weighted by Crippen LogP contribution is 2.27. The highest BCUT2D eigenvalue weighted by molar-refractivity contribution is 5.63. The van der Waals surface area contributed by atoms with Crippen molar-refractivity contribution in [3.8, 4) is 17.0 Å². The molecule has 1 aromatic carbocycles. The summed E-state index contributed by atoms with van der Waals surface area (Å²) in [7, 11) is 3.35. The van der Waals surface area contributed by atoms with Crippen molar-refractivity contribution in [1.82, 2.24) is 0 Å². The van der Waals surface area contributed by atoms with Crippen LogP contribution < -0.4 is 9.30 Å². The monoisotopic (exact) mass is 250 g/mol. The number of ether oxygens (including phenoxy) is 1. The Morgan fingerprint density at radius 3 is 2.50 bits per heavy atom. The SMILES string of the molecule is COc1cc[n+](C)c(-c2c(C)cc(F)cc2F)c1. The second-order valence-electron chi connectivity index (χ2n) is 4.14. The van der Waals surface area contributed by atoms with E-state index in [9.17, 15) is 8.78 Å². The Labute approximate surface area is 104 Å². The molecule has 0 aliphatic rings. The first kappa shape index (κ1) is 12.5. The molecule has 0 spiro atoms. The minimum atomic E-state index is -0.573. The molecule has 0 unspecified atom stereocenters. The van der Waals surface area contributed by atoms with Gasteiger partial charge in [-0.2, -0.15) is 0 Å². The minimum Gasteiger partial charge on any atom is -0.496 e. The van der Waals surface area contributed by atoms with Crippen LogP contribution in [0.25, 0.3) is 11.3 Å². The van der Waals surface area contributed by atoms with E-state index in [-0.39, 0.29) is 0 Å². The molecule has 0 radical (unpaired) electrons. The van der Waals surface area contributed by atoms with E-state index in [1.165, 1.54) is 6.07 Å². The van der Waals surface area contributed by atoms with Gasteiger partial charge < -0.3 is 4.74 Å². The summed E-state index contributed by atoms with van der Waals surface area (Å²) in [4.78, 5) is 0. The lowest BCUT2D eigenvalue weighted by atomic mass is 10.0. The molecule has 4 heteroatoms. The molecule has 0 atom stereocenters. The highest BCUT2D eigenvalue weighted by Gasteiger charge is 2.19. The molecule has 1 heterocycles. The van der Waals surface area contributed by atoms with Crippen LogP contribution in [0.4, 0.5) is 8.78 Å². The Bertz CT molecular complexity index is 573. The lowest BCUT2D eigenvalue weighted by Gasteiger charge is -2.07. The molecule has 0 bridgehead atoms. The number of rotatable bonds is 2. The van der Waals surface area contributed by atoms with E-state index in [1.807, 2.05) is 0 Å². The number of benzene rings is 1. The van der Waals surface area contributed by atoms with Crippen molar-refractivity contribution < 1.29 is 18.1 Å². The fraction of sp³-hybridized carbons (Fsp3) is 0.214. The molecule has 0 aliphatic heterocycles. The van der Waals surface area contributed by atoms with Gasteiger partial charge in [-0.25, -0.2) is 13.3 Å². The van der Waals surface area contributed by atoms with Gasteiger partial charge in [0.25, 0.3) is 0 Å². The van der Waals surface area contributed by atoms with E-state index in [0.29, 0.717) is 22.6 Å². The van der Waals surface area contributed by atoms with Crippen LogP contribution in [0, 0.1) is 18.6 Å². The number of nitrogens with zero attached hydrogens (tertiary/aromatic N) is 1. The first-order chi connectivity index (χ1) is 8.52. The van der Waals surface area contributed by atoms with Gasteiger partial charge in [-0.05, 0) is 18.6 Å². The van der Waals surface area contributed by atoms with Gasteiger partial charge in [-0.15, -0.1) is 0 Å². The quantitative estimate of drug-likeness (QED) is 0.747. The van der Waals surface area contributed by atoms with Crippen LogP contribution in [0.3, 0.4) is 0 Å². The number of aryl methyl sites for hydroxylation is 2. The van der Waals surface area contributed by atoms with Crippen LogP contribution in [0.1, 0.15) is 5.56 Å². The summed E-state index contributed by atoms with van der Waals surface area (Å²) in [5.41, 5.74) is 1.58. The molecule has 2 rings (SSSR count). The third-order valence-corrected chi connectivity index (χ3v) is 2.87. The zero-order valence-electron chi connectivity index (χ0n) is 10.5. The maximum Gasteiger partial charge on any atom is 0.219 e. The van der Waals surface area contributed by atoms with Crippen molar-refractivity contribution in [2.24, 2.45) is 7.05 Å². The van der Waals surface area contributed by atoms with Crippen molar-refractivity contribution in [2.45, 2.75) is 6.92 Å². The topological polar surface area (TPSA) is 13.1 Å². The molecule has 0 saturated carbocycles. The molecule has 2 aromatic rings. The van der Waals surface area contributed by atoms with Crippen molar-refractivity contribution in [3.63, 3.8) is 0 Å². The van der Waals surface area contributed by atoms with E-state index in [0.717, 1.165) is 6.07 Å². The largest absolute Gasteiger partial charge is 0.496 e. The van der Waals surface area contributed by atoms with E-state index < -0.39 is 11.6 Å². The third-order valence-electron chi connectivity index (χ3n) is 2.87. The molecule has 1 aromatic heterocycles. The number of methoxy groups -OCH3 is 1. The Kier molecular flexibility index (Phi) is 3.28. The first-order valence-electron chi connectivity index (χ1n) is 5.52. The van der Waals surface area contributed by atoms with Crippen LogP contribution in [0.2, 0.25) is 0 Å². The Morgan fingerprint density at radius 2 is 1.89 bits per heavy atom. The predicted octanol–water partition coefficient (Wildman–Crippen LogP) is 2.77. The molecule has 0 saturated heterocycles. The zero-order valence-corrected chi connectivity index (χ0v) is 10.5. The van der Waals surface area contributed by atoms with Crippen molar-refractivity contribution in [2.75, 3.05) is 7.11 Å². The molecule has 0 amide bonds. The number of halogens is 2. The van der Waals surface area contributed by atoms with E-state index in [1.54, 1.807) is 44.0 Å². The molecular formula is C14H14F2NO+. The molecule has 0 fully saturated rings. The fourth-order valence-electron chi connectivity index (χ4n) is 1.95. The second-order valence-corrected chi connectivity index (χ2v) is 4.14. The summed E-state index contributed by atoms with van der Waals surface area (Å²) in [6, 6.07) is 5.71. The smallest absolute Gasteiger partial charge is 0.219 e. The third kappa shape index (κ3) is 2.18. The normalized spacial score (nSPS) is 10.5. The maximum absolute atomic E-state index is 13.9. The molecule has 2 nitrogen and oxygen atoms in total. The Balaban J connectivity index is 2.68. The molecule has 94 valence electrons. The molecule has 0 N–H and O–H groups in total. The Morgan fingerprint density at radius 1 is 1.17 bits per heavy atom. The van der Waals surface area contributed by atoms with Crippen LogP contribution in [0.5, 0.6) is 5.75 Å². The van der Waals surface area contributed by atoms with Gasteiger partial charge in [0.2, 0.25) is 5.69 Å². The Hall–Kier alpha value is -1.97. The molecular weight excluding hydrogens is 236 g/mol. The number of aromatic nitrogens is 1. The number of hydrogen-bond donors (Lipinski definition) is 0. The zero-order chi connectivity index (χ0) is 13.3. The average Bonchev–Trinajstić information content (AvgIpc) is 2.30. The van der Waals surface area contributed by atoms with E-state index in [4.69, 9.17) is 4.74 Å². The van der Waals surface area contributed by atoms with Gasteiger partial charge in [0.1, 0.15) is 24.4 Å². The summed E-state index contributed by atoms with van der Waals surface area (Å²) >= 11 is 0. The lowest BCUT2D eigenvalue weighted by Crippen LogP contribution is -2.30. The van der Waals surface area contributed by atoms with Gasteiger partial charge in [0, 0.05) is 12.1 Å². The average molecular weight is 250 g/mol. The predicted molar refractivity (Wildman–Crippen MR) is 64.3 cm³/mol. The first-order valence-corrected chi connectivity index (χ1v) is 5.52. The van der Waals surface area contributed by atoms with Gasteiger partial charge in [0.05, 0.1) is 18.7 Å². The van der Waals surface area contributed by atoms with Crippen LogP contribution >= 0.6 is 0 Å². The maximum atomic E-state index is 13.9. The standard InChI is InChI=1S/C14H14F2NO/c1-9-6-10(15)7-12(16)14(9)13-8-11(18-3)4-5-17(13)2/h4-8H,1-3H3/q+1. The van der Waals surface area contributed by atoms with Crippen LogP contribution in [-0.2, 0) is 7.05 Å². The van der Waals surface area contributed by atoms with Gasteiger partial charge in [0.15, 0.2) is 6.20 Å². The van der Waals surface area contributed by atoms with Crippen molar-refractivity contribution >= 4 is 0 Å². The van der Waals surface area contributed by atoms with Gasteiger partial charge >= 0.3 is 0 Å². The minimum absolute atomic E-state index is 0.387. The molecule has 18 heavy (non-hydrogen) atoms. The summed E-state index contributed by atoms with van der Waals surface area (Å²) < 4.78 is 33.9. The van der Waals surface area contributed by atoms with Crippen LogP contribution in [0.15, 0.2) is 30.5 Å². The summed E-state index contributed by atoms with van der Waals surface area (Å²) in [5.74, 6) is -0.512. The number of pyridine rings is 1. The van der Waals surface area contributed by atoms with E-state index in [2.05, 4.69) is 0 Å². The lowest BCUT2D eigenvalue weighted by molar-refractivity contribution is -0.660. The second kappa shape index (κ2) is 4.72. The van der Waals surface area contributed by atoms with Gasteiger partial charge in [-0.1, -0.05) is 0 Å². The number of hydrogen-bond acceptors (Lipinski definition) is 1.